The van der Waals surface area contributed by atoms with Gasteiger partial charge in [0.2, 0.25) is 11.8 Å². The van der Waals surface area contributed by atoms with Gasteiger partial charge in [0.05, 0.1) is 20.6 Å². The van der Waals surface area contributed by atoms with Crippen molar-refractivity contribution in [1.29, 1.82) is 0 Å². The molecule has 12 heteroatoms. The number of amides is 2. The Labute approximate surface area is 237 Å². The van der Waals surface area contributed by atoms with Crippen LogP contribution in [0.3, 0.4) is 0 Å². The number of nitrogens with zero attached hydrogens (tertiary/aromatic N) is 2. The fraction of sp³-hybridized carbons (Fsp3) is 0.259. The highest BCUT2D eigenvalue weighted by Crippen LogP contribution is 2.36. The lowest BCUT2D eigenvalue weighted by Crippen LogP contribution is -2.50. The van der Waals surface area contributed by atoms with Crippen LogP contribution in [0.25, 0.3) is 0 Å². The molecule has 1 atom stereocenters. The van der Waals surface area contributed by atoms with E-state index in [1.165, 1.54) is 30.1 Å². The predicted molar refractivity (Wildman–Crippen MR) is 149 cm³/mol. The van der Waals surface area contributed by atoms with Gasteiger partial charge in [-0.15, -0.1) is 0 Å². The van der Waals surface area contributed by atoms with Crippen LogP contribution in [0.15, 0.2) is 71.6 Å². The van der Waals surface area contributed by atoms with Crippen molar-refractivity contribution in [3.8, 4) is 11.5 Å². The molecule has 9 nitrogen and oxygen atoms in total. The maximum absolute atomic E-state index is 13.8. The van der Waals surface area contributed by atoms with Crippen LogP contribution in [-0.2, 0) is 26.2 Å². The fourth-order valence-electron chi connectivity index (χ4n) is 4.06. The van der Waals surface area contributed by atoms with Gasteiger partial charge in [0.25, 0.3) is 10.0 Å². The number of benzene rings is 3. The molecule has 0 spiro atoms. The molecule has 1 aliphatic rings. The first kappa shape index (κ1) is 28.5. The van der Waals surface area contributed by atoms with E-state index >= 15 is 0 Å². The van der Waals surface area contributed by atoms with Crippen LogP contribution in [0.2, 0.25) is 10.0 Å². The van der Waals surface area contributed by atoms with Crippen molar-refractivity contribution >= 4 is 50.7 Å². The summed E-state index contributed by atoms with van der Waals surface area (Å²) in [6.45, 7) is 1.65. The molecule has 0 aromatic heterocycles. The lowest BCUT2D eigenvalue weighted by atomic mass is 10.1. The summed E-state index contributed by atoms with van der Waals surface area (Å²) in [7, 11) is -2.74. The van der Waals surface area contributed by atoms with Gasteiger partial charge in [0.15, 0.2) is 11.5 Å². The van der Waals surface area contributed by atoms with Gasteiger partial charge < -0.3 is 19.7 Å². The zero-order valence-corrected chi connectivity index (χ0v) is 23.6. The number of anilines is 1. The minimum absolute atomic E-state index is 0.00284. The molecule has 1 unspecified atom stereocenters. The monoisotopic (exact) mass is 591 g/mol. The maximum Gasteiger partial charge on any atom is 0.264 e. The van der Waals surface area contributed by atoms with Gasteiger partial charge in [0.1, 0.15) is 25.8 Å². The van der Waals surface area contributed by atoms with E-state index in [0.29, 0.717) is 40.3 Å². The lowest BCUT2D eigenvalue weighted by Gasteiger charge is -2.32. The van der Waals surface area contributed by atoms with Gasteiger partial charge in [-0.25, -0.2) is 8.42 Å². The summed E-state index contributed by atoms with van der Waals surface area (Å²) in [5.74, 6) is -0.180. The number of rotatable bonds is 9. The van der Waals surface area contributed by atoms with Crippen molar-refractivity contribution < 1.29 is 27.5 Å². The number of fused-ring (bicyclic) bond motifs is 1. The number of ether oxygens (including phenoxy) is 2. The van der Waals surface area contributed by atoms with Gasteiger partial charge in [-0.1, -0.05) is 47.5 Å². The quantitative estimate of drug-likeness (QED) is 0.401. The van der Waals surface area contributed by atoms with Crippen molar-refractivity contribution in [2.24, 2.45) is 0 Å². The molecule has 1 aliphatic heterocycles. The zero-order chi connectivity index (χ0) is 28.2. The first-order valence-corrected chi connectivity index (χ1v) is 14.2. The number of hydrogen-bond acceptors (Lipinski definition) is 6. The second kappa shape index (κ2) is 12.1. The van der Waals surface area contributed by atoms with Crippen molar-refractivity contribution in [2.75, 3.05) is 31.1 Å². The molecule has 206 valence electrons. The number of carbonyl (C=O) groups is 2. The van der Waals surface area contributed by atoms with Gasteiger partial charge >= 0.3 is 0 Å². The van der Waals surface area contributed by atoms with Crippen LogP contribution in [0.4, 0.5) is 5.69 Å². The van der Waals surface area contributed by atoms with E-state index in [-0.39, 0.29) is 17.1 Å². The molecule has 1 N–H and O–H groups in total. The minimum Gasteiger partial charge on any atom is -0.486 e. The first-order valence-electron chi connectivity index (χ1n) is 12.0. The van der Waals surface area contributed by atoms with Gasteiger partial charge in [-0.2, -0.15) is 0 Å². The smallest absolute Gasteiger partial charge is 0.264 e. The van der Waals surface area contributed by atoms with Crippen LogP contribution in [0.5, 0.6) is 11.5 Å². The van der Waals surface area contributed by atoms with E-state index in [4.69, 9.17) is 32.7 Å². The van der Waals surface area contributed by atoms with E-state index in [9.17, 15) is 18.0 Å². The second-order valence-corrected chi connectivity index (χ2v) is 11.4. The molecule has 3 aromatic carbocycles. The van der Waals surface area contributed by atoms with Gasteiger partial charge in [0, 0.05) is 19.7 Å². The Kier molecular flexibility index (Phi) is 8.89. The molecule has 0 saturated carbocycles. The molecular weight excluding hydrogens is 565 g/mol. The summed E-state index contributed by atoms with van der Waals surface area (Å²) in [5.41, 5.74) is 0.823. The Balaban J connectivity index is 1.74. The Morgan fingerprint density at radius 1 is 0.949 bits per heavy atom. The van der Waals surface area contributed by atoms with E-state index in [2.05, 4.69) is 5.32 Å². The highest BCUT2D eigenvalue weighted by atomic mass is 35.5. The van der Waals surface area contributed by atoms with E-state index in [1.807, 2.05) is 0 Å². The van der Waals surface area contributed by atoms with Crippen LogP contribution in [-0.4, -0.2) is 58.0 Å². The van der Waals surface area contributed by atoms with Gasteiger partial charge in [-0.05, 0) is 48.9 Å². The van der Waals surface area contributed by atoms with Crippen molar-refractivity contribution in [3.05, 3.63) is 82.3 Å². The van der Waals surface area contributed by atoms with Crippen LogP contribution >= 0.6 is 23.2 Å². The molecule has 0 aliphatic carbocycles. The highest BCUT2D eigenvalue weighted by Gasteiger charge is 2.33. The summed E-state index contributed by atoms with van der Waals surface area (Å²) in [5, 5.41) is 3.17. The number of likely N-dealkylation sites (N-methyl/N-ethyl adjacent to an activating group) is 1. The van der Waals surface area contributed by atoms with Crippen LogP contribution in [0.1, 0.15) is 12.5 Å². The van der Waals surface area contributed by atoms with Crippen molar-refractivity contribution in [3.63, 3.8) is 0 Å². The SMILES string of the molecule is CNC(=O)C(C)N(Cc1ccc(Cl)c(Cl)c1)C(=O)CN(c1ccc2c(c1)OCCO2)S(=O)(=O)c1ccccc1. The highest BCUT2D eigenvalue weighted by molar-refractivity contribution is 7.92. The molecule has 0 saturated heterocycles. The van der Waals surface area contributed by atoms with E-state index < -0.39 is 34.4 Å². The normalized spacial score (nSPS) is 13.3. The zero-order valence-electron chi connectivity index (χ0n) is 21.3. The Morgan fingerprint density at radius 3 is 2.31 bits per heavy atom. The molecule has 2 amide bonds. The molecule has 0 radical (unpaired) electrons. The second-order valence-electron chi connectivity index (χ2n) is 8.71. The summed E-state index contributed by atoms with van der Waals surface area (Å²) < 4.78 is 39.9. The topological polar surface area (TPSA) is 105 Å². The van der Waals surface area contributed by atoms with E-state index in [1.54, 1.807) is 55.5 Å². The van der Waals surface area contributed by atoms with Crippen LogP contribution < -0.4 is 19.1 Å². The number of halogens is 2. The lowest BCUT2D eigenvalue weighted by molar-refractivity contribution is -0.139. The Hall–Kier alpha value is -3.47. The van der Waals surface area contributed by atoms with Crippen molar-refractivity contribution in [2.45, 2.75) is 24.4 Å². The average Bonchev–Trinajstić information content (AvgIpc) is 2.95. The molecule has 1 heterocycles. The Bertz CT molecular complexity index is 1470. The fourth-order valence-corrected chi connectivity index (χ4v) is 5.81. The Morgan fingerprint density at radius 2 is 1.64 bits per heavy atom. The van der Waals surface area contributed by atoms with Crippen LogP contribution in [0, 0.1) is 0 Å². The minimum atomic E-state index is -4.20. The van der Waals surface area contributed by atoms with E-state index in [0.717, 1.165) is 4.31 Å². The average molecular weight is 593 g/mol. The van der Waals surface area contributed by atoms with Gasteiger partial charge in [-0.3, -0.25) is 13.9 Å². The third-order valence-electron chi connectivity index (χ3n) is 6.17. The summed E-state index contributed by atoms with van der Waals surface area (Å²) in [4.78, 5) is 27.7. The predicted octanol–water partition coefficient (Wildman–Crippen LogP) is 4.12. The number of sulfonamides is 1. The first-order chi connectivity index (χ1) is 18.6. The maximum atomic E-state index is 13.8. The molecule has 0 bridgehead atoms. The standard InChI is InChI=1S/C27H27Cl2N3O6S/c1-18(27(34)30-2)31(16-19-8-10-22(28)23(29)14-19)26(33)17-32(39(35,36)21-6-4-3-5-7-21)20-9-11-24-25(15-20)38-13-12-37-24/h3-11,14-15,18H,12-13,16-17H2,1-2H3,(H,30,34). The molecule has 3 aromatic rings. The number of carbonyl (C=O) groups excluding carboxylic acids is 2. The number of nitrogens with one attached hydrogen (secondary N) is 1. The summed E-state index contributed by atoms with van der Waals surface area (Å²) in [6.07, 6.45) is 0. The largest absolute Gasteiger partial charge is 0.486 e. The molecular formula is C27H27Cl2N3O6S. The summed E-state index contributed by atoms with van der Waals surface area (Å²) >= 11 is 12.2. The third-order valence-corrected chi connectivity index (χ3v) is 8.70. The molecule has 39 heavy (non-hydrogen) atoms. The third kappa shape index (κ3) is 6.41. The van der Waals surface area contributed by atoms with Crippen molar-refractivity contribution in [1.82, 2.24) is 10.2 Å². The molecule has 4 rings (SSSR count). The number of hydrogen-bond donors (Lipinski definition) is 1. The summed E-state index contributed by atoms with van der Waals surface area (Å²) in [6, 6.07) is 16.4. The molecule has 0 fully saturated rings.